The minimum atomic E-state index is -2.40. The first-order valence-electron chi connectivity index (χ1n) is 34.9. The number of rotatable bonds is 36. The number of ketones is 3. The van der Waals surface area contributed by atoms with E-state index in [9.17, 15) is 48.3 Å². The number of Topliss-reactive ketones (excluding diaryl/α,β-unsaturated/α-hetero) is 2. The first-order valence-corrected chi connectivity index (χ1v) is 34.9. The Kier molecular flexibility index (Phi) is 26.7. The second-order valence-electron chi connectivity index (χ2n) is 27.3. The summed E-state index contributed by atoms with van der Waals surface area (Å²) in [6.07, 6.45) is -1.94. The van der Waals surface area contributed by atoms with Crippen LogP contribution in [0, 0.1) is 46.3 Å². The van der Waals surface area contributed by atoms with Crippen molar-refractivity contribution in [3.63, 3.8) is 0 Å². The van der Waals surface area contributed by atoms with Crippen LogP contribution < -0.4 is 31.9 Å². The largest absolute Gasteiger partial charge is 0.509 e. The average Bonchev–Trinajstić information content (AvgIpc) is 1.54. The van der Waals surface area contributed by atoms with Crippen LogP contribution in [0.5, 0.6) is 0 Å². The minimum absolute atomic E-state index is 0.0240. The molecule has 3 aromatic carbocycles. The second kappa shape index (κ2) is 35.1. The molecule has 2 aliphatic heterocycles. The van der Waals surface area contributed by atoms with E-state index in [-0.39, 0.29) is 133 Å². The van der Waals surface area contributed by atoms with E-state index in [0.29, 0.717) is 62.6 Å². The summed E-state index contributed by atoms with van der Waals surface area (Å²) in [6, 6.07) is 19.8. The molecule has 4 aliphatic carbocycles. The van der Waals surface area contributed by atoms with Crippen LogP contribution in [0.2, 0.25) is 0 Å². The van der Waals surface area contributed by atoms with E-state index in [4.69, 9.17) is 43.6 Å². The van der Waals surface area contributed by atoms with Gasteiger partial charge in [0.1, 0.15) is 12.8 Å². The van der Waals surface area contributed by atoms with E-state index in [0.717, 1.165) is 22.8 Å². The summed E-state index contributed by atoms with van der Waals surface area (Å²) >= 11 is 0. The molecule has 0 bridgehead atoms. The van der Waals surface area contributed by atoms with Gasteiger partial charge in [0.25, 0.3) is 0 Å². The Bertz CT molecular complexity index is 3620. The van der Waals surface area contributed by atoms with Gasteiger partial charge in [0.15, 0.2) is 35.7 Å². The molecule has 3 aromatic rings. The Balaban J connectivity index is 0.646. The van der Waals surface area contributed by atoms with Crippen LogP contribution >= 0.6 is 0 Å². The van der Waals surface area contributed by atoms with Crippen molar-refractivity contribution in [2.75, 3.05) is 82.8 Å². The third-order valence-corrected chi connectivity index (χ3v) is 20.3. The van der Waals surface area contributed by atoms with Gasteiger partial charge in [-0.2, -0.15) is 0 Å². The fourth-order valence-corrected chi connectivity index (χ4v) is 15.2. The van der Waals surface area contributed by atoms with Crippen LogP contribution in [-0.2, 0) is 84.6 Å². The first-order chi connectivity index (χ1) is 48.4. The number of halogens is 2. The second-order valence-corrected chi connectivity index (χ2v) is 27.3. The normalized spacial score (nSPS) is 25.7. The number of ether oxygens (including phenoxy) is 8. The maximum absolute atomic E-state index is 17.9. The molecule has 101 heavy (non-hydrogen) atoms. The minimum Gasteiger partial charge on any atom is -0.429 e. The van der Waals surface area contributed by atoms with Crippen molar-refractivity contribution in [2.24, 2.45) is 40.2 Å². The summed E-state index contributed by atoms with van der Waals surface area (Å²) in [4.78, 5) is 120. The number of carbonyl (C=O) groups excluding carboxylic acids is 9. The summed E-state index contributed by atoms with van der Waals surface area (Å²) in [5.74, 6) is 0.405. The van der Waals surface area contributed by atoms with Gasteiger partial charge in [-0.15, -0.1) is 0 Å². The van der Waals surface area contributed by atoms with Crippen LogP contribution in [-0.4, -0.2) is 173 Å². The molecule has 9 rings (SSSR count). The van der Waals surface area contributed by atoms with Crippen LogP contribution in [0.4, 0.5) is 29.7 Å². The number of anilines is 2. The maximum atomic E-state index is 17.9. The summed E-state index contributed by atoms with van der Waals surface area (Å²) < 4.78 is 80.1. The lowest BCUT2D eigenvalue weighted by molar-refractivity contribution is -0.234. The fraction of sp³-hybridized carbons (Fsp3) is 0.560. The predicted octanol–water partition coefficient (Wildman–Crippen LogP) is 7.52. The van der Waals surface area contributed by atoms with Crippen molar-refractivity contribution < 1.29 is 94.9 Å². The molecule has 3 saturated carbocycles. The van der Waals surface area contributed by atoms with E-state index in [1.54, 1.807) is 49.9 Å². The van der Waals surface area contributed by atoms with Crippen LogP contribution in [0.25, 0.3) is 0 Å². The third-order valence-electron chi connectivity index (χ3n) is 20.3. The average molecular weight is 1410 g/mol. The summed E-state index contributed by atoms with van der Waals surface area (Å²) in [6.45, 7) is 10.2. The van der Waals surface area contributed by atoms with E-state index < -0.39 is 113 Å². The van der Waals surface area contributed by atoms with Gasteiger partial charge in [-0.3, -0.25) is 33.6 Å². The van der Waals surface area contributed by atoms with Crippen molar-refractivity contribution >= 4 is 64.5 Å². The number of fused-ring (bicyclic) bond motifs is 9. The number of para-hydroxylation sites is 1. The molecule has 0 aromatic heterocycles. The number of nitrogens with one attached hydrogen (secondary N) is 4. The maximum Gasteiger partial charge on any atom is 0.509 e. The number of benzene rings is 3. The molecular formula is C75H94F2N6O18. The van der Waals surface area contributed by atoms with Crippen LogP contribution in [0.15, 0.2) is 96.6 Å². The number of carbonyl (C=O) groups is 9. The zero-order valence-electron chi connectivity index (χ0n) is 58.0. The first kappa shape index (κ1) is 76.9. The number of aliphatic hydroxyl groups is 1. The van der Waals surface area contributed by atoms with Gasteiger partial charge >= 0.3 is 12.2 Å². The van der Waals surface area contributed by atoms with Gasteiger partial charge in [-0.25, -0.2) is 18.4 Å². The van der Waals surface area contributed by atoms with Gasteiger partial charge in [0.2, 0.25) is 29.4 Å². The molecule has 4 fully saturated rings. The Morgan fingerprint density at radius 2 is 1.47 bits per heavy atom. The van der Waals surface area contributed by atoms with E-state index in [2.05, 4.69) is 33.1 Å². The van der Waals surface area contributed by atoms with Crippen LogP contribution in [0.3, 0.4) is 0 Å². The lowest BCUT2D eigenvalue weighted by Crippen LogP contribution is -2.71. The topological polar surface area (TPSA) is 325 Å². The molecule has 546 valence electrons. The number of alkyl halides is 2. The number of aliphatic hydroxyl groups excluding tert-OH is 1. The number of nitrogens with two attached hydrogens (primary N) is 1. The molecule has 0 radical (unpaired) electrons. The lowest BCUT2D eigenvalue weighted by Gasteiger charge is -2.63. The standard InChI is InChI=1S/C75H94F2N6O18/c1-6-12-67-100-63-42-55-56-41-58(76)57-40-54(84)26-28-72(57,4)74(56,77)61(86)43-73(55,5)75(63,101-67)62(87)46-99-71(93)98-45-48-18-22-53(23-19-48)81-69(91)51(16-11-29-80-70(78)92)39-60(85)68(47(2)3)82-65(89)27-31-94-33-35-96-37-38-97-36-34-95-32-30-79-64(88)24-25-66(90)83-44-52-15-8-7-13-49(52)20-21-50-14-9-10-17-59(50)83/h7-10,13-15,17-19,22-23,26,28,40,47,51,55-56,58,61,63,67-68,86H,6,11-12,16,24-25,27,29-39,41-46H2,1-5H3,(H,79,88)(H,81,91)(H,82,89)(H3,78,80,92)/t51-,55+,56+,58+,61+,63-,67?,68+,72+,73+,74+,75-/m1/s1. The molecule has 1 saturated heterocycles. The van der Waals surface area contributed by atoms with Crippen molar-refractivity contribution in [1.29, 1.82) is 0 Å². The zero-order chi connectivity index (χ0) is 72.5. The molecule has 24 nitrogen and oxygen atoms in total. The van der Waals surface area contributed by atoms with Gasteiger partial charge in [-0.05, 0) is 116 Å². The number of amides is 6. The van der Waals surface area contributed by atoms with E-state index >= 15 is 8.78 Å². The fourth-order valence-electron chi connectivity index (χ4n) is 15.2. The predicted molar refractivity (Wildman–Crippen MR) is 365 cm³/mol. The van der Waals surface area contributed by atoms with Crippen molar-refractivity contribution in [1.82, 2.24) is 16.0 Å². The molecule has 1 unspecified atom stereocenters. The number of nitrogens with zero attached hydrogens (tertiary/aromatic N) is 1. The highest BCUT2D eigenvalue weighted by molar-refractivity contribution is 6.02. The highest BCUT2D eigenvalue weighted by atomic mass is 19.1. The lowest BCUT2D eigenvalue weighted by atomic mass is 9.44. The van der Waals surface area contributed by atoms with Gasteiger partial charge < -0.3 is 74.9 Å². The molecular weight excluding hydrogens is 1310 g/mol. The SMILES string of the molecule is CCCC1O[C@@H]2C[C@H]3[C@@H]4C[C@H](F)C5=CC(=O)C=C[C@]5(C)[C@@]4(F)[C@@H](O)C[C@]3(C)[C@]2(C(=O)COC(=O)OCc2ccc(NC(=O)[C@H](CCCNC(N)=O)CC(=O)[C@@H](NC(=O)CCOCCOCCOCCOCCNC(=O)CCC(=O)N3Cc4ccccc4C#Cc4ccccc43)C(C)C)cc2)O1. The number of hydrogen-bond acceptors (Lipinski definition) is 18. The molecule has 7 N–H and O–H groups in total. The summed E-state index contributed by atoms with van der Waals surface area (Å²) in [5.41, 5.74) is 2.15. The van der Waals surface area contributed by atoms with Gasteiger partial charge in [-0.1, -0.05) is 94.5 Å². The Labute approximate surface area is 587 Å². The Hall–Kier alpha value is -8.29. The summed E-state index contributed by atoms with van der Waals surface area (Å²) in [7, 11) is 0. The van der Waals surface area contributed by atoms with Gasteiger partial charge in [0.05, 0.1) is 83.3 Å². The highest BCUT2D eigenvalue weighted by Gasteiger charge is 2.80. The molecule has 2 heterocycles. The summed E-state index contributed by atoms with van der Waals surface area (Å²) in [5, 5.41) is 22.8. The smallest absolute Gasteiger partial charge is 0.429 e. The van der Waals surface area contributed by atoms with E-state index in [1.807, 2.05) is 55.5 Å². The van der Waals surface area contributed by atoms with E-state index in [1.165, 1.54) is 19.1 Å². The van der Waals surface area contributed by atoms with Gasteiger partial charge in [0, 0.05) is 78.3 Å². The number of hydrogen-bond donors (Lipinski definition) is 6. The number of allylic oxidation sites excluding steroid dienone is 4. The molecule has 0 spiro atoms. The Morgan fingerprint density at radius 1 is 0.792 bits per heavy atom. The number of primary amides is 1. The third kappa shape index (κ3) is 18.1. The van der Waals surface area contributed by atoms with Crippen molar-refractivity contribution in [3.8, 4) is 11.8 Å². The van der Waals surface area contributed by atoms with Crippen molar-refractivity contribution in [3.05, 3.63) is 119 Å². The monoisotopic (exact) mass is 1400 g/mol. The quantitative estimate of drug-likeness (QED) is 0.0186. The zero-order valence-corrected chi connectivity index (χ0v) is 58.0. The number of urea groups is 1. The highest BCUT2D eigenvalue weighted by Crippen LogP contribution is 2.72. The molecule has 6 amide bonds. The van der Waals surface area contributed by atoms with Crippen LogP contribution in [0.1, 0.15) is 128 Å². The molecule has 12 atom stereocenters. The molecule has 6 aliphatic rings. The Morgan fingerprint density at radius 3 is 2.17 bits per heavy atom. The molecule has 26 heteroatoms. The van der Waals surface area contributed by atoms with Crippen molar-refractivity contribution in [2.45, 2.75) is 160 Å².